The number of carbonyl (C=O) groups excluding carboxylic acids is 9. The third-order valence-corrected chi connectivity index (χ3v) is 22.1. The van der Waals surface area contributed by atoms with Gasteiger partial charge in [-0.15, -0.1) is 11.3 Å². The van der Waals surface area contributed by atoms with Gasteiger partial charge < -0.3 is 66.5 Å². The van der Waals surface area contributed by atoms with E-state index in [-0.39, 0.29) is 92.5 Å². The van der Waals surface area contributed by atoms with Crippen LogP contribution in [0.5, 0.6) is 0 Å². The predicted molar refractivity (Wildman–Crippen MR) is 380 cm³/mol. The lowest BCUT2D eigenvalue weighted by Crippen LogP contribution is -2.62. The second-order valence-electron chi connectivity index (χ2n) is 27.1. The Bertz CT molecular complexity index is 4250. The van der Waals surface area contributed by atoms with Gasteiger partial charge in [-0.1, -0.05) is 116 Å². The molecule has 5 aromatic carbocycles. The minimum Gasteiger partial charge on any atom is -0.390 e. The summed E-state index contributed by atoms with van der Waals surface area (Å²) in [6, 6.07) is 29.8. The second-order valence-corrected chi connectivity index (χ2v) is 29.6. The van der Waals surface area contributed by atoms with Gasteiger partial charge in [0.1, 0.15) is 35.9 Å². The highest BCUT2D eigenvalue weighted by atomic mass is 32.1. The maximum atomic E-state index is 15.2. The molecule has 6 heterocycles. The number of benzene rings is 5. The number of aryl methyl sites for hydroxylation is 2. The molecule has 4 saturated heterocycles. The molecule has 7 aromatic rings. The number of fused-ring (bicyclic) bond motifs is 2. The highest BCUT2D eigenvalue weighted by Gasteiger charge is 2.51. The van der Waals surface area contributed by atoms with Gasteiger partial charge in [-0.05, 0) is 143 Å². The van der Waals surface area contributed by atoms with Gasteiger partial charge in [-0.2, -0.15) is 8.78 Å². The summed E-state index contributed by atoms with van der Waals surface area (Å²) >= 11 is 1.55. The van der Waals surface area contributed by atoms with Gasteiger partial charge in [0.15, 0.2) is 0 Å². The number of aliphatic hydroxyl groups excluding tert-OH is 1. The number of nitrogens with zero attached hydrogens (tertiary/aromatic N) is 5. The largest absolute Gasteiger partial charge is 0.399 e. The third-order valence-electron chi connectivity index (χ3n) is 20.1. The quantitative estimate of drug-likeness (QED) is 0.0182. The van der Waals surface area contributed by atoms with Crippen LogP contribution >= 0.6 is 18.9 Å². The predicted octanol–water partition coefficient (Wildman–Crippen LogP) is 8.20. The van der Waals surface area contributed by atoms with Crippen molar-refractivity contribution in [3.05, 3.63) is 184 Å². The van der Waals surface area contributed by atoms with E-state index >= 15 is 4.79 Å². The summed E-state index contributed by atoms with van der Waals surface area (Å²) in [6.07, 6.45) is 4.58. The van der Waals surface area contributed by atoms with Crippen LogP contribution in [0.1, 0.15) is 163 Å². The minimum atomic E-state index is -5.95. The van der Waals surface area contributed by atoms with Gasteiger partial charge in [-0.25, -0.2) is 4.98 Å². The molecule has 103 heavy (non-hydrogen) atoms. The monoisotopic (exact) mass is 1450 g/mol. The number of nitrogens with one attached hydrogen (secondary N) is 5. The van der Waals surface area contributed by atoms with Crippen LogP contribution in [-0.4, -0.2) is 166 Å². The van der Waals surface area contributed by atoms with E-state index in [4.69, 9.17) is 5.73 Å². The van der Waals surface area contributed by atoms with Gasteiger partial charge in [0.05, 0.1) is 34.3 Å². The Kier molecular flexibility index (Phi) is 23.8. The maximum absolute atomic E-state index is 15.2. The van der Waals surface area contributed by atoms with Gasteiger partial charge in [-0.3, -0.25) is 47.7 Å². The number of halogens is 2. The van der Waals surface area contributed by atoms with E-state index in [1.54, 1.807) is 33.9 Å². The molecule has 2 aromatic heterocycles. The van der Waals surface area contributed by atoms with Crippen LogP contribution in [0.25, 0.3) is 21.3 Å². The molecule has 24 nitrogen and oxygen atoms in total. The van der Waals surface area contributed by atoms with Gasteiger partial charge >= 0.3 is 13.3 Å². The topological polar surface area (TPSA) is 347 Å². The molecule has 0 unspecified atom stereocenters. The Hall–Kier alpha value is -9.53. The summed E-state index contributed by atoms with van der Waals surface area (Å²) < 4.78 is 41.4. The molecule has 8 atom stereocenters. The van der Waals surface area contributed by atoms with Crippen LogP contribution in [0.4, 0.5) is 8.78 Å². The normalized spacial score (nSPS) is 20.0. The number of hydrogen-bond acceptors (Lipinski definition) is 13. The van der Waals surface area contributed by atoms with Crippen molar-refractivity contribution in [2.45, 2.75) is 170 Å². The smallest absolute Gasteiger partial charge is 0.390 e. The van der Waals surface area contributed by atoms with E-state index in [0.717, 1.165) is 69.4 Å². The maximum Gasteiger partial charge on any atom is 0.399 e. The summed E-state index contributed by atoms with van der Waals surface area (Å²) in [6.45, 7) is 4.12. The van der Waals surface area contributed by atoms with Crippen LogP contribution in [0.15, 0.2) is 139 Å². The van der Waals surface area contributed by atoms with Crippen LogP contribution in [-0.2, 0) is 50.2 Å². The average Bonchev–Trinajstić information content (AvgIpc) is 1.74. The second kappa shape index (κ2) is 32.8. The van der Waals surface area contributed by atoms with E-state index in [0.29, 0.717) is 57.1 Å². The summed E-state index contributed by atoms with van der Waals surface area (Å²) in [5.41, 5.74) is 7.43. The Morgan fingerprint density at radius 3 is 2.11 bits per heavy atom. The fourth-order valence-electron chi connectivity index (χ4n) is 14.5. The Morgan fingerprint density at radius 1 is 0.738 bits per heavy atom. The highest BCUT2D eigenvalue weighted by molar-refractivity contribution is 7.52. The zero-order valence-corrected chi connectivity index (χ0v) is 59.0. The summed E-state index contributed by atoms with van der Waals surface area (Å²) in [7, 11) is -5.95. The molecule has 0 spiro atoms. The summed E-state index contributed by atoms with van der Waals surface area (Å²) in [4.78, 5) is 160. The molecular weight excluding hydrogens is 1360 g/mol. The summed E-state index contributed by atoms with van der Waals surface area (Å²) in [5.74, 6) is -5.10. The van der Waals surface area contributed by atoms with Crippen molar-refractivity contribution in [2.24, 2.45) is 5.73 Å². The molecule has 28 heteroatoms. The number of amides is 9. The minimum absolute atomic E-state index is 0.00302. The van der Waals surface area contributed by atoms with Crippen LogP contribution in [0.2, 0.25) is 0 Å². The molecule has 4 aliphatic rings. The number of thiazole rings is 1. The molecule has 0 saturated carbocycles. The van der Waals surface area contributed by atoms with E-state index in [2.05, 4.69) is 31.2 Å². The number of aliphatic hydroxyl groups is 1. The number of primary amides is 1. The fraction of sp³-hybridized carbons (Fsp3) is 0.413. The van der Waals surface area contributed by atoms with Crippen molar-refractivity contribution in [3.8, 4) is 10.4 Å². The molecule has 10 N–H and O–H groups in total. The first kappa shape index (κ1) is 74.7. The number of likely N-dealkylation sites (tertiary alicyclic amines) is 2. The van der Waals surface area contributed by atoms with Crippen LogP contribution in [0, 0.1) is 6.92 Å². The first-order valence-electron chi connectivity index (χ1n) is 35.0. The Labute approximate surface area is 598 Å². The van der Waals surface area contributed by atoms with Gasteiger partial charge in [0.2, 0.25) is 41.4 Å². The Morgan fingerprint density at radius 2 is 1.44 bits per heavy atom. The lowest BCUT2D eigenvalue weighted by Gasteiger charge is -2.39. The lowest BCUT2D eigenvalue weighted by atomic mass is 9.98. The number of nitrogens with two attached hydrogens (primary N) is 1. The number of alkyl halides is 2. The van der Waals surface area contributed by atoms with Crippen molar-refractivity contribution in [3.63, 3.8) is 0 Å². The Balaban J connectivity index is 0.707. The van der Waals surface area contributed by atoms with Gasteiger partial charge in [0.25, 0.3) is 11.8 Å². The van der Waals surface area contributed by atoms with Crippen LogP contribution in [0.3, 0.4) is 0 Å². The summed E-state index contributed by atoms with van der Waals surface area (Å²) in [5, 5.41) is 22.7. The van der Waals surface area contributed by atoms with E-state index in [1.165, 1.54) is 20.8 Å². The lowest BCUT2D eigenvalue weighted by molar-refractivity contribution is -0.145. The molecule has 0 bridgehead atoms. The first-order valence-corrected chi connectivity index (χ1v) is 37.5. The average molecular weight is 1450 g/mol. The molecular formula is C75H86F2N11O13PS. The van der Waals surface area contributed by atoms with E-state index in [1.807, 2.05) is 111 Å². The standard InChI is InChI=1S/C75H86F2N11O13PS/c1-45(48-26-28-51(29-27-48)67-46(2)79-44-103-67)80-71(95)66-62(89)37-40-87(66)74(98)61-20-13-14-38-86(61)72(96)52-24-22-47(23-25-52)15-7-3-4-12-21-64(91)85-39-36-55-31-34-60(70(94)82-57(33-35-63(78)90)68(92)84-65(49-16-8-5-9-17-49)50-18-10-6-11-19-50)88(55)73(97)59(43-85)83-69(93)58-42-53-41-54(30-32-56(53)81-58)75(76,77)102(99,100)101/h5-6,8-11,16-19,22-30,32,41-42,44-45,55,57,59-62,65-66,81,89H,3-4,7,12-15,20-21,31,33-40,43H2,1-2H3,(H2,78,90)(H,80,95)(H,82,94)(H,83,93)(H,84,92)(H2,99,100,101)/t45-,55+,57-,59-,60-,61-,62-,66-/m0/s1. The molecule has 4 aliphatic heterocycles. The molecule has 0 radical (unpaired) electrons. The molecule has 9 amide bonds. The molecule has 544 valence electrons. The van der Waals surface area contributed by atoms with Crippen molar-refractivity contribution in [1.82, 2.24) is 50.8 Å². The number of carbonyl (C=O) groups is 9. The number of H-pyrrole nitrogens is 1. The van der Waals surface area contributed by atoms with Gasteiger partial charge in [0, 0.05) is 67.1 Å². The molecule has 11 rings (SSSR count). The van der Waals surface area contributed by atoms with E-state index < -0.39 is 109 Å². The molecule has 0 aliphatic carbocycles. The van der Waals surface area contributed by atoms with Crippen LogP contribution < -0.4 is 27.0 Å². The molecule has 4 fully saturated rings. The highest BCUT2D eigenvalue weighted by Crippen LogP contribution is 2.59. The number of aromatic nitrogens is 2. The SMILES string of the molecule is Cc1ncsc1-c1ccc([C@H](C)NC(=O)[C@@H]2[C@@H](O)CCN2C(=O)[C@@H]2CCCCN2C(=O)c2ccc(CCCCCCC(=O)N3CC[C@H]4CC[C@@H](C(=O)N[C@@H](CCC(N)=O)C(=O)NC(c5ccccc5)c5ccccc5)N4C(=O)[C@@H](NC(=O)c4cc5cc(C(F)(F)P(=O)(O)O)ccc5[nH]4)C3)cc2)cc1. The number of aromatic amines is 1. The van der Waals surface area contributed by atoms with Crippen molar-refractivity contribution >= 4 is 83.0 Å². The van der Waals surface area contributed by atoms with E-state index in [9.17, 15) is 66.6 Å². The number of hydrogen-bond donors (Lipinski definition) is 9. The van der Waals surface area contributed by atoms with Crippen molar-refractivity contribution in [1.29, 1.82) is 0 Å². The number of unbranched alkanes of at least 4 members (excludes halogenated alkanes) is 3. The fourth-order valence-corrected chi connectivity index (χ4v) is 15.8. The first-order chi connectivity index (χ1) is 49.3. The van der Waals surface area contributed by atoms with Crippen molar-refractivity contribution < 1.29 is 71.4 Å². The zero-order valence-electron chi connectivity index (χ0n) is 57.3. The zero-order chi connectivity index (χ0) is 73.3. The third kappa shape index (κ3) is 17.4. The number of rotatable bonds is 26. The van der Waals surface area contributed by atoms with Crippen molar-refractivity contribution in [2.75, 3.05) is 26.2 Å². The number of piperidine rings is 1.